The number of ether oxygens (including phenoxy) is 12. The van der Waals surface area contributed by atoms with Crippen LogP contribution in [-0.2, 0) is 76.0 Å². The number of hydrogen-bond acceptors (Lipinski definition) is 27. The van der Waals surface area contributed by atoms with E-state index in [0.29, 0.717) is 0 Å². The van der Waals surface area contributed by atoms with E-state index in [2.05, 4.69) is 81.1 Å². The molecule has 82 heavy (non-hydrogen) atoms. The van der Waals surface area contributed by atoms with E-state index in [0.717, 1.165) is 13.8 Å². The van der Waals surface area contributed by atoms with Gasteiger partial charge in [0.2, 0.25) is 0 Å². The maximum absolute atomic E-state index is 13.8. The first-order valence-corrected chi connectivity index (χ1v) is 25.7. The minimum absolute atomic E-state index is 0.135. The van der Waals surface area contributed by atoms with Crippen molar-refractivity contribution in [1.82, 2.24) is 0 Å². The highest BCUT2D eigenvalue weighted by Crippen LogP contribution is 2.34. The summed E-state index contributed by atoms with van der Waals surface area (Å²) in [7, 11) is 0. The Bertz CT molecular complexity index is 2700. The minimum Gasteiger partial charge on any atom is -0.463 e. The summed E-state index contributed by atoms with van der Waals surface area (Å²) in [5, 5.41) is 118. The van der Waals surface area contributed by atoms with Gasteiger partial charge in [-0.25, -0.2) is 4.79 Å². The summed E-state index contributed by atoms with van der Waals surface area (Å²) in [4.78, 5) is 49.9. The van der Waals surface area contributed by atoms with Crippen LogP contribution in [-0.4, -0.2) is 248 Å². The van der Waals surface area contributed by atoms with E-state index in [9.17, 15) is 75.3 Å². The van der Waals surface area contributed by atoms with Gasteiger partial charge in [0.1, 0.15) is 124 Å². The predicted molar refractivity (Wildman–Crippen MR) is 267 cm³/mol. The molecule has 0 bridgehead atoms. The van der Waals surface area contributed by atoms with Gasteiger partial charge in [0.05, 0.1) is 30.8 Å². The molecule has 4 heterocycles. The summed E-state index contributed by atoms with van der Waals surface area (Å²) in [5.41, 5.74) is 31.0. The zero-order valence-electron chi connectivity index (χ0n) is 45.4. The molecule has 4 fully saturated rings. The van der Waals surface area contributed by atoms with Gasteiger partial charge in [-0.2, -0.15) is 0 Å². The second-order valence-electron chi connectivity index (χ2n) is 18.7. The van der Waals surface area contributed by atoms with E-state index < -0.39 is 203 Å². The van der Waals surface area contributed by atoms with Crippen molar-refractivity contribution in [2.24, 2.45) is 0 Å². The zero-order valence-corrected chi connectivity index (χ0v) is 45.4. The van der Waals surface area contributed by atoms with E-state index in [1.54, 1.807) is 13.8 Å². The molecule has 4 rings (SSSR count). The summed E-state index contributed by atoms with van der Waals surface area (Å²) >= 11 is 0. The Morgan fingerprint density at radius 1 is 0.488 bits per heavy atom. The van der Waals surface area contributed by atoms with Gasteiger partial charge in [-0.05, 0) is 102 Å². The second kappa shape index (κ2) is 33.9. The molecule has 4 aliphatic rings. The molecule has 27 nitrogen and oxygen atoms in total. The van der Waals surface area contributed by atoms with Gasteiger partial charge in [0.15, 0.2) is 25.2 Å². The highest BCUT2D eigenvalue weighted by molar-refractivity contribution is 5.89. The standard InChI is InChI=1S/C55H68O27/c1-8-11-12-13-14-15-16-17-18-19-20-21-22-33(29(5)76-55-50(45(66)40(61)35(10-3)78-55)82-52-47(68)43(64)39(60)34(9-2)77-52)51(70)74-25-32(58)24-73-38(59)23-28(4)75-54-49(46(67)42(63)37(80-54)27-72-31(7)57)81-53-48(69)44(65)41(62)36(79-53)26-71-30(6)56/h28-29,32,34-37,39-50,52-55,58,60-69H,1,9-10,23-27H2,2-7H3/t28?,29?,32?,34?,35?,36?,37?,39-,40-,41-,42-,43+,44+,45+,46+,47?,48?,49?,50?,52+,53+,54-,55-/m1/s1. The van der Waals surface area contributed by atoms with Crippen molar-refractivity contribution in [3.05, 3.63) is 86.7 Å². The molecule has 0 radical (unpaired) electrons. The van der Waals surface area contributed by atoms with Gasteiger partial charge in [-0.1, -0.05) is 19.6 Å². The van der Waals surface area contributed by atoms with Gasteiger partial charge in [0.25, 0.3) is 0 Å². The molecule has 0 saturated carbocycles. The van der Waals surface area contributed by atoms with Crippen LogP contribution in [0.3, 0.4) is 0 Å². The Hall–Kier alpha value is -6.00. The number of hydrogen-bond donors (Lipinski definition) is 11. The Morgan fingerprint density at radius 2 is 0.878 bits per heavy atom. The summed E-state index contributed by atoms with van der Waals surface area (Å²) < 4.78 is 66.9. The van der Waals surface area contributed by atoms with Gasteiger partial charge in [0, 0.05) is 13.8 Å². The van der Waals surface area contributed by atoms with Crippen LogP contribution in [0.15, 0.2) is 86.7 Å². The van der Waals surface area contributed by atoms with Crippen molar-refractivity contribution < 1.29 is 132 Å². The monoisotopic (exact) mass is 1160 g/mol. The number of esters is 4. The number of carbonyl (C=O) groups is 4. The summed E-state index contributed by atoms with van der Waals surface area (Å²) in [6, 6.07) is 0. The Balaban J connectivity index is 1.52. The third-order valence-corrected chi connectivity index (χ3v) is 12.5. The third kappa shape index (κ3) is 20.1. The second-order valence-corrected chi connectivity index (χ2v) is 18.7. The number of rotatable bonds is 22. The molecule has 27 heteroatoms. The van der Waals surface area contributed by atoms with Crippen molar-refractivity contribution >= 4 is 23.9 Å². The number of aliphatic hydroxyl groups excluding tert-OH is 11. The topological polar surface area (TPSA) is 402 Å². The molecule has 450 valence electrons. The van der Waals surface area contributed by atoms with Crippen LogP contribution in [0.25, 0.3) is 0 Å². The van der Waals surface area contributed by atoms with Crippen LogP contribution >= 0.6 is 0 Å². The van der Waals surface area contributed by atoms with Gasteiger partial charge in [-0.3, -0.25) is 14.4 Å². The first kappa shape index (κ1) is 68.5. The summed E-state index contributed by atoms with van der Waals surface area (Å²) in [5.74, 6) is -3.77. The van der Waals surface area contributed by atoms with Gasteiger partial charge in [-0.15, -0.1) is 0 Å². The van der Waals surface area contributed by atoms with Crippen molar-refractivity contribution in [2.45, 2.75) is 202 Å². The van der Waals surface area contributed by atoms with Crippen LogP contribution < -0.4 is 0 Å². The zero-order chi connectivity index (χ0) is 60.8. The average Bonchev–Trinajstić information content (AvgIpc) is 3.64. The van der Waals surface area contributed by atoms with E-state index >= 15 is 0 Å². The lowest BCUT2D eigenvalue weighted by Crippen LogP contribution is -2.65. The fourth-order valence-corrected chi connectivity index (χ4v) is 8.11. The highest BCUT2D eigenvalue weighted by atomic mass is 16.8. The van der Waals surface area contributed by atoms with E-state index in [1.165, 1.54) is 13.8 Å². The van der Waals surface area contributed by atoms with E-state index in [1.807, 2.05) is 0 Å². The van der Waals surface area contributed by atoms with Crippen LogP contribution in [0.4, 0.5) is 0 Å². The molecule has 11 unspecified atom stereocenters. The van der Waals surface area contributed by atoms with Crippen LogP contribution in [0.5, 0.6) is 0 Å². The van der Waals surface area contributed by atoms with E-state index in [4.69, 9.17) is 56.8 Å². The molecule has 4 aliphatic heterocycles. The quantitative estimate of drug-likeness (QED) is 0.0216. The first-order chi connectivity index (χ1) is 38.9. The smallest absolute Gasteiger partial charge is 0.345 e. The highest BCUT2D eigenvalue weighted by Gasteiger charge is 2.53. The molecule has 11 N–H and O–H groups in total. The molecule has 4 saturated heterocycles. The maximum Gasteiger partial charge on any atom is 0.345 e. The minimum atomic E-state index is -1.99. The maximum atomic E-state index is 13.8. The average molecular weight is 1160 g/mol. The molecule has 0 aromatic carbocycles. The third-order valence-electron chi connectivity index (χ3n) is 12.5. The van der Waals surface area contributed by atoms with Crippen LogP contribution in [0, 0.1) is 0 Å². The molecule has 0 spiro atoms. The van der Waals surface area contributed by atoms with Crippen molar-refractivity contribution in [3.63, 3.8) is 0 Å². The van der Waals surface area contributed by atoms with E-state index in [-0.39, 0.29) is 12.8 Å². The Morgan fingerprint density at radius 3 is 1.35 bits per heavy atom. The molecule has 0 aromatic rings. The Labute approximate surface area is 470 Å². The van der Waals surface area contributed by atoms with Crippen LogP contribution in [0.1, 0.15) is 60.8 Å². The van der Waals surface area contributed by atoms with Crippen molar-refractivity contribution in [2.75, 3.05) is 26.4 Å². The fourth-order valence-electron chi connectivity index (χ4n) is 8.11. The summed E-state index contributed by atoms with van der Waals surface area (Å²) in [6.07, 6.45) is -38.0. The van der Waals surface area contributed by atoms with Crippen molar-refractivity contribution in [3.8, 4) is 0 Å². The first-order valence-electron chi connectivity index (χ1n) is 25.7. The normalized spacial score (nSPS) is 34.0. The fraction of sp³-hybridized carbons (Fsp3) is 0.655. The van der Waals surface area contributed by atoms with Gasteiger partial charge < -0.3 is 113 Å². The van der Waals surface area contributed by atoms with Crippen LogP contribution in [0.2, 0.25) is 0 Å². The molecule has 23 atom stereocenters. The molecular weight excluding hydrogens is 1090 g/mol. The van der Waals surface area contributed by atoms with Crippen molar-refractivity contribution in [1.29, 1.82) is 0 Å². The number of aliphatic hydroxyl groups is 11. The molecule has 0 aliphatic carbocycles. The Kier molecular flexibility index (Phi) is 28.4. The lowest BCUT2D eigenvalue weighted by molar-refractivity contribution is -0.371. The molecular formula is C55H68O27. The molecule has 0 aromatic heterocycles. The lowest BCUT2D eigenvalue weighted by Gasteiger charge is -2.46. The lowest BCUT2D eigenvalue weighted by atomic mass is 9.95. The molecule has 0 amide bonds. The SMILES string of the molecule is C=C=C=C=C=C=C=C=C=C=C=C=C=C=C(C(=O)OCC(O)COC(=O)CC(C)O[C@@H]1OC(COC(C)=O)[C@@H](O)[C@H](O)C1O[C@@H]1OC(COC(C)=O)[C@@H](O)[C@H](O)C1O)C(C)O[C@@H]1OC(CC)[C@@H](O)[C@H](O)C1O[C@@H]1OC(CC)[C@@H](O)[C@H](O)C1O. The summed E-state index contributed by atoms with van der Waals surface area (Å²) in [6.45, 7) is 8.58. The predicted octanol–water partition coefficient (Wildman–Crippen LogP) is -3.57. The largest absolute Gasteiger partial charge is 0.463 e. The van der Waals surface area contributed by atoms with Gasteiger partial charge >= 0.3 is 23.9 Å². The number of carbonyl (C=O) groups excluding carboxylic acids is 4.